The third kappa shape index (κ3) is 2.68. The molecule has 0 spiro atoms. The second-order valence-corrected chi connectivity index (χ2v) is 4.55. The highest BCUT2D eigenvalue weighted by molar-refractivity contribution is 6.33. The zero-order chi connectivity index (χ0) is 12.3. The number of halogens is 1. The van der Waals surface area contributed by atoms with Crippen LogP contribution in [0.1, 0.15) is 18.9 Å². The van der Waals surface area contributed by atoms with Gasteiger partial charge >= 0.3 is 0 Å². The van der Waals surface area contributed by atoms with Gasteiger partial charge in [0.15, 0.2) is 0 Å². The number of rotatable bonds is 2. The molecule has 0 radical (unpaired) electrons. The van der Waals surface area contributed by atoms with E-state index in [0.29, 0.717) is 16.6 Å². The van der Waals surface area contributed by atoms with Crippen molar-refractivity contribution in [2.24, 2.45) is 0 Å². The topological polar surface area (TPSA) is 52.0 Å². The van der Waals surface area contributed by atoms with E-state index in [4.69, 9.17) is 16.9 Å². The van der Waals surface area contributed by atoms with Crippen molar-refractivity contribution in [1.29, 1.82) is 5.26 Å². The minimum atomic E-state index is 0.484. The average molecular weight is 251 g/mol. The van der Waals surface area contributed by atoms with Crippen molar-refractivity contribution in [3.05, 3.63) is 22.8 Å². The van der Waals surface area contributed by atoms with Crippen molar-refractivity contribution >= 4 is 17.4 Å². The van der Waals surface area contributed by atoms with Gasteiger partial charge in [-0.15, -0.1) is 0 Å². The van der Waals surface area contributed by atoms with E-state index in [-0.39, 0.29) is 0 Å². The summed E-state index contributed by atoms with van der Waals surface area (Å²) in [5.41, 5.74) is 0.501. The monoisotopic (exact) mass is 250 g/mol. The van der Waals surface area contributed by atoms with E-state index >= 15 is 0 Å². The van der Waals surface area contributed by atoms with Crippen LogP contribution < -0.4 is 10.2 Å². The molecule has 1 aliphatic heterocycles. The van der Waals surface area contributed by atoms with E-state index < -0.39 is 0 Å². The quantitative estimate of drug-likeness (QED) is 0.870. The van der Waals surface area contributed by atoms with E-state index in [2.05, 4.69) is 22.1 Å². The fourth-order valence-electron chi connectivity index (χ4n) is 2.02. The van der Waals surface area contributed by atoms with Crippen LogP contribution in [0.25, 0.3) is 0 Å². The number of nitrogens with one attached hydrogen (secondary N) is 1. The summed E-state index contributed by atoms with van der Waals surface area (Å²) in [6, 6.07) is 4.20. The van der Waals surface area contributed by atoms with E-state index in [1.54, 1.807) is 12.3 Å². The van der Waals surface area contributed by atoms with E-state index in [1.165, 1.54) is 0 Å². The van der Waals surface area contributed by atoms with Crippen LogP contribution in [0.4, 0.5) is 5.82 Å². The lowest BCUT2D eigenvalue weighted by Gasteiger charge is -2.34. The average Bonchev–Trinajstić information content (AvgIpc) is 2.38. The molecule has 2 rings (SSSR count). The first-order chi connectivity index (χ1) is 8.24. The Morgan fingerprint density at radius 3 is 3.18 bits per heavy atom. The highest BCUT2D eigenvalue weighted by atomic mass is 35.5. The molecule has 5 heteroatoms. The number of pyridine rings is 1. The second kappa shape index (κ2) is 5.35. The van der Waals surface area contributed by atoms with Crippen molar-refractivity contribution in [2.75, 3.05) is 24.5 Å². The van der Waals surface area contributed by atoms with E-state index in [9.17, 15) is 0 Å². The molecule has 1 saturated heterocycles. The first-order valence-corrected chi connectivity index (χ1v) is 6.16. The lowest BCUT2D eigenvalue weighted by molar-refractivity contribution is 0.445. The predicted molar refractivity (Wildman–Crippen MR) is 68.3 cm³/mol. The predicted octanol–water partition coefficient (Wildman–Crippen LogP) is 1.79. The summed E-state index contributed by atoms with van der Waals surface area (Å²) in [6.45, 7) is 4.91. The lowest BCUT2D eigenvalue weighted by Crippen LogP contribution is -2.50. The van der Waals surface area contributed by atoms with Crippen molar-refractivity contribution in [3.63, 3.8) is 0 Å². The van der Waals surface area contributed by atoms with Gasteiger partial charge in [-0.05, 0) is 12.5 Å². The molecule has 1 aliphatic rings. The molecular formula is C12H15ClN4. The Morgan fingerprint density at radius 1 is 1.71 bits per heavy atom. The summed E-state index contributed by atoms with van der Waals surface area (Å²) < 4.78 is 0. The summed E-state index contributed by atoms with van der Waals surface area (Å²) in [5, 5.41) is 12.8. The molecule has 17 heavy (non-hydrogen) atoms. The maximum atomic E-state index is 8.77. The summed E-state index contributed by atoms with van der Waals surface area (Å²) in [7, 11) is 0. The summed E-state index contributed by atoms with van der Waals surface area (Å²) in [5.74, 6) is 0.783. The largest absolute Gasteiger partial charge is 0.353 e. The number of hydrogen-bond acceptors (Lipinski definition) is 4. The number of hydrogen-bond donors (Lipinski definition) is 1. The van der Waals surface area contributed by atoms with Crippen LogP contribution in [0, 0.1) is 11.3 Å². The summed E-state index contributed by atoms with van der Waals surface area (Å²) >= 11 is 6.16. The maximum Gasteiger partial charge on any atom is 0.147 e. The lowest BCUT2D eigenvalue weighted by atomic mass is 10.1. The van der Waals surface area contributed by atoms with E-state index in [1.807, 2.05) is 6.07 Å². The molecule has 0 aliphatic carbocycles. The minimum absolute atomic E-state index is 0.484. The smallest absolute Gasteiger partial charge is 0.147 e. The first-order valence-electron chi connectivity index (χ1n) is 5.78. The van der Waals surface area contributed by atoms with Crippen LogP contribution in [0.5, 0.6) is 0 Å². The van der Waals surface area contributed by atoms with Gasteiger partial charge in [0.05, 0.1) is 10.6 Å². The van der Waals surface area contributed by atoms with Gasteiger partial charge in [-0.2, -0.15) is 5.26 Å². The van der Waals surface area contributed by atoms with Gasteiger partial charge in [0.25, 0.3) is 0 Å². The van der Waals surface area contributed by atoms with Crippen LogP contribution in [-0.2, 0) is 0 Å². The van der Waals surface area contributed by atoms with Gasteiger partial charge in [0.1, 0.15) is 11.9 Å². The maximum absolute atomic E-state index is 8.77. The SMILES string of the molecule is CCC1CN(c2ncc(C#N)cc2Cl)CCN1. The molecule has 0 amide bonds. The molecule has 1 N–H and O–H groups in total. The van der Waals surface area contributed by atoms with Crippen LogP contribution in [0.2, 0.25) is 5.02 Å². The molecule has 1 atom stereocenters. The molecule has 0 bridgehead atoms. The zero-order valence-electron chi connectivity index (χ0n) is 9.78. The van der Waals surface area contributed by atoms with Gasteiger partial charge in [0.2, 0.25) is 0 Å². The van der Waals surface area contributed by atoms with Gasteiger partial charge in [0, 0.05) is 31.9 Å². The summed E-state index contributed by atoms with van der Waals surface area (Å²) in [6.07, 6.45) is 2.66. The molecule has 1 fully saturated rings. The Hall–Kier alpha value is -1.31. The number of piperazine rings is 1. The van der Waals surface area contributed by atoms with Crippen LogP contribution >= 0.6 is 11.6 Å². The molecular weight excluding hydrogens is 236 g/mol. The molecule has 90 valence electrons. The van der Waals surface area contributed by atoms with Crippen molar-refractivity contribution in [3.8, 4) is 6.07 Å². The molecule has 1 unspecified atom stereocenters. The number of nitriles is 1. The van der Waals surface area contributed by atoms with Crippen molar-refractivity contribution < 1.29 is 0 Å². The fourth-order valence-corrected chi connectivity index (χ4v) is 2.30. The molecule has 2 heterocycles. The van der Waals surface area contributed by atoms with E-state index in [0.717, 1.165) is 31.9 Å². The fraction of sp³-hybridized carbons (Fsp3) is 0.500. The molecule has 0 saturated carbocycles. The van der Waals surface area contributed by atoms with Crippen LogP contribution in [0.3, 0.4) is 0 Å². The second-order valence-electron chi connectivity index (χ2n) is 4.15. The molecule has 0 aromatic carbocycles. The number of aromatic nitrogens is 1. The standard InChI is InChI=1S/C12H15ClN4/c1-2-10-8-17(4-3-15-10)12-11(13)5-9(6-14)7-16-12/h5,7,10,15H,2-4,8H2,1H3. The molecule has 1 aromatic rings. The highest BCUT2D eigenvalue weighted by Gasteiger charge is 2.20. The van der Waals surface area contributed by atoms with Gasteiger partial charge in [-0.1, -0.05) is 18.5 Å². The van der Waals surface area contributed by atoms with Crippen molar-refractivity contribution in [2.45, 2.75) is 19.4 Å². The van der Waals surface area contributed by atoms with Gasteiger partial charge in [-0.25, -0.2) is 4.98 Å². The molecule has 4 nitrogen and oxygen atoms in total. The molecule has 1 aromatic heterocycles. The zero-order valence-corrected chi connectivity index (χ0v) is 10.5. The highest BCUT2D eigenvalue weighted by Crippen LogP contribution is 2.24. The van der Waals surface area contributed by atoms with Crippen LogP contribution in [-0.4, -0.2) is 30.7 Å². The Labute approximate surface area is 106 Å². The Bertz CT molecular complexity index is 441. The Kier molecular flexibility index (Phi) is 3.82. The summed E-state index contributed by atoms with van der Waals surface area (Å²) in [4.78, 5) is 6.46. The first kappa shape index (κ1) is 12.2. The third-order valence-electron chi connectivity index (χ3n) is 3.00. The Morgan fingerprint density at radius 2 is 2.53 bits per heavy atom. The number of nitrogens with zero attached hydrogens (tertiary/aromatic N) is 3. The third-order valence-corrected chi connectivity index (χ3v) is 3.28. The van der Waals surface area contributed by atoms with Gasteiger partial charge in [-0.3, -0.25) is 0 Å². The minimum Gasteiger partial charge on any atom is -0.353 e. The van der Waals surface area contributed by atoms with Crippen molar-refractivity contribution in [1.82, 2.24) is 10.3 Å². The van der Waals surface area contributed by atoms with Gasteiger partial charge < -0.3 is 10.2 Å². The number of anilines is 1. The normalized spacial score (nSPS) is 20.1. The Balaban J connectivity index is 2.19. The van der Waals surface area contributed by atoms with Crippen LogP contribution in [0.15, 0.2) is 12.3 Å².